The number of nitrogens with one attached hydrogen (secondary N) is 1. The van der Waals surface area contributed by atoms with Crippen molar-refractivity contribution >= 4 is 33.0 Å². The Morgan fingerprint density at radius 2 is 2.26 bits per heavy atom. The number of aryl methyl sites for hydroxylation is 1. The Hall–Kier alpha value is -1.00. The van der Waals surface area contributed by atoms with E-state index in [1.807, 2.05) is 6.92 Å². The van der Waals surface area contributed by atoms with Gasteiger partial charge in [0.2, 0.25) is 0 Å². The van der Waals surface area contributed by atoms with Gasteiger partial charge >= 0.3 is 0 Å². The summed E-state index contributed by atoms with van der Waals surface area (Å²) in [5.74, 6) is 1.26. The van der Waals surface area contributed by atoms with Crippen LogP contribution in [0.15, 0.2) is 16.3 Å². The van der Waals surface area contributed by atoms with Gasteiger partial charge in [-0.25, -0.2) is 13.4 Å². The summed E-state index contributed by atoms with van der Waals surface area (Å²) in [4.78, 5) is 4.36. The number of H-pyrrole nitrogens is 1. The number of sulfonamides is 1. The number of thiophene rings is 1. The third-order valence-corrected chi connectivity index (χ3v) is 7.41. The quantitative estimate of drug-likeness (QED) is 0.860. The maximum absolute atomic E-state index is 12.8. The lowest BCUT2D eigenvalue weighted by atomic mass is 9.96. The Morgan fingerprint density at radius 3 is 2.83 bits per heavy atom. The van der Waals surface area contributed by atoms with Gasteiger partial charge in [0.1, 0.15) is 10.0 Å². The van der Waals surface area contributed by atoms with Crippen LogP contribution in [-0.4, -0.2) is 54.7 Å². The van der Waals surface area contributed by atoms with Crippen LogP contribution in [0.25, 0.3) is 0 Å². The van der Waals surface area contributed by atoms with E-state index in [2.05, 4.69) is 15.2 Å². The van der Waals surface area contributed by atoms with Crippen LogP contribution < -0.4 is 0 Å². The van der Waals surface area contributed by atoms with Crippen molar-refractivity contribution in [3.05, 3.63) is 28.1 Å². The standard InChI is InChI=1S/C13H17ClN4O3S2/c1-8-15-13(17-16-8)10-6-18(5-9(10)7-21-2)23(19,20)12-4-3-11(14)22-12/h3-4,9-10H,5-7H2,1-2H3,(H,15,16,17)/t9-,10+/m0/s1. The SMILES string of the molecule is COC[C@@H]1CN(S(=O)(=O)c2ccc(Cl)s2)C[C@H]1c1n[nH]c(C)n1. The number of aromatic amines is 1. The van der Waals surface area contributed by atoms with Crippen LogP contribution in [0.2, 0.25) is 4.34 Å². The largest absolute Gasteiger partial charge is 0.384 e. The highest BCUT2D eigenvalue weighted by Crippen LogP contribution is 2.36. The van der Waals surface area contributed by atoms with E-state index in [0.29, 0.717) is 35.7 Å². The van der Waals surface area contributed by atoms with Crippen LogP contribution in [0.1, 0.15) is 17.6 Å². The molecule has 7 nitrogen and oxygen atoms in total. The predicted molar refractivity (Wildman–Crippen MR) is 87.3 cm³/mol. The van der Waals surface area contributed by atoms with E-state index >= 15 is 0 Å². The van der Waals surface area contributed by atoms with E-state index in [0.717, 1.165) is 11.3 Å². The molecule has 2 atom stereocenters. The van der Waals surface area contributed by atoms with Crippen LogP contribution in [0, 0.1) is 12.8 Å². The number of rotatable bonds is 5. The maximum Gasteiger partial charge on any atom is 0.252 e. The first-order valence-electron chi connectivity index (χ1n) is 7.05. The van der Waals surface area contributed by atoms with Crippen molar-refractivity contribution < 1.29 is 13.2 Å². The van der Waals surface area contributed by atoms with Crippen molar-refractivity contribution in [3.63, 3.8) is 0 Å². The lowest BCUT2D eigenvalue weighted by molar-refractivity contribution is 0.150. The predicted octanol–water partition coefficient (Wildman–Crippen LogP) is 1.88. The molecule has 1 aliphatic heterocycles. The fraction of sp³-hybridized carbons (Fsp3) is 0.538. The van der Waals surface area contributed by atoms with Crippen molar-refractivity contribution in [1.29, 1.82) is 0 Å². The van der Waals surface area contributed by atoms with Crippen LogP contribution in [0.3, 0.4) is 0 Å². The van der Waals surface area contributed by atoms with Crippen LogP contribution in [0.4, 0.5) is 0 Å². The summed E-state index contributed by atoms with van der Waals surface area (Å²) in [6.07, 6.45) is 0. The summed E-state index contributed by atoms with van der Waals surface area (Å²) in [7, 11) is -1.95. The molecular weight excluding hydrogens is 360 g/mol. The summed E-state index contributed by atoms with van der Waals surface area (Å²) in [6, 6.07) is 3.13. The molecule has 0 aromatic carbocycles. The lowest BCUT2D eigenvalue weighted by Crippen LogP contribution is -2.29. The first kappa shape index (κ1) is 16.8. The maximum atomic E-state index is 12.8. The fourth-order valence-corrected chi connectivity index (χ4v) is 5.95. The Bertz CT molecular complexity index is 789. The number of aromatic nitrogens is 3. The highest BCUT2D eigenvalue weighted by atomic mass is 35.5. The molecule has 3 heterocycles. The van der Waals surface area contributed by atoms with Crippen LogP contribution in [0.5, 0.6) is 0 Å². The third kappa shape index (κ3) is 3.29. The number of hydrogen-bond donors (Lipinski definition) is 1. The molecule has 1 fully saturated rings. The second-order valence-electron chi connectivity index (χ2n) is 5.48. The molecule has 23 heavy (non-hydrogen) atoms. The number of methoxy groups -OCH3 is 1. The van der Waals surface area contributed by atoms with Gasteiger partial charge in [-0.1, -0.05) is 11.6 Å². The fourth-order valence-electron chi connectivity index (χ4n) is 2.79. The molecule has 10 heteroatoms. The van der Waals surface area contributed by atoms with Gasteiger partial charge in [-0.05, 0) is 19.1 Å². The summed E-state index contributed by atoms with van der Waals surface area (Å²) in [6.45, 7) is 2.99. The molecule has 0 amide bonds. The van der Waals surface area contributed by atoms with E-state index in [-0.39, 0.29) is 16.0 Å². The van der Waals surface area contributed by atoms with Crippen LogP contribution in [-0.2, 0) is 14.8 Å². The first-order chi connectivity index (χ1) is 10.9. The molecule has 2 aromatic rings. The molecule has 0 unspecified atom stereocenters. The number of ether oxygens (including phenoxy) is 1. The summed E-state index contributed by atoms with van der Waals surface area (Å²) >= 11 is 6.93. The molecule has 1 aliphatic rings. The molecule has 0 spiro atoms. The molecule has 0 bridgehead atoms. The smallest absolute Gasteiger partial charge is 0.252 e. The van der Waals surface area contributed by atoms with E-state index < -0.39 is 10.0 Å². The van der Waals surface area contributed by atoms with Gasteiger partial charge in [0.15, 0.2) is 5.82 Å². The highest BCUT2D eigenvalue weighted by molar-refractivity contribution is 7.91. The van der Waals surface area contributed by atoms with E-state index in [4.69, 9.17) is 16.3 Å². The average molecular weight is 377 g/mol. The minimum absolute atomic E-state index is 0.0143. The number of nitrogens with zero attached hydrogens (tertiary/aromatic N) is 3. The highest BCUT2D eigenvalue weighted by Gasteiger charge is 2.42. The van der Waals surface area contributed by atoms with Crippen molar-refractivity contribution in [1.82, 2.24) is 19.5 Å². The minimum Gasteiger partial charge on any atom is -0.384 e. The Balaban J connectivity index is 1.88. The minimum atomic E-state index is -3.56. The molecule has 126 valence electrons. The van der Waals surface area contributed by atoms with E-state index in [1.54, 1.807) is 13.2 Å². The van der Waals surface area contributed by atoms with Crippen molar-refractivity contribution in [3.8, 4) is 0 Å². The molecule has 2 aromatic heterocycles. The van der Waals surface area contributed by atoms with Gasteiger partial charge in [-0.3, -0.25) is 5.10 Å². The Morgan fingerprint density at radius 1 is 1.48 bits per heavy atom. The van der Waals surface area contributed by atoms with Crippen molar-refractivity contribution in [2.45, 2.75) is 17.1 Å². The van der Waals surface area contributed by atoms with Gasteiger partial charge in [-0.15, -0.1) is 11.3 Å². The topological polar surface area (TPSA) is 88.2 Å². The normalized spacial score (nSPS) is 22.7. The third-order valence-electron chi connectivity index (χ3n) is 3.88. The summed E-state index contributed by atoms with van der Waals surface area (Å²) in [5, 5.41) is 7.00. The van der Waals surface area contributed by atoms with Gasteiger partial charge in [0.05, 0.1) is 10.9 Å². The molecule has 0 saturated carbocycles. The molecule has 1 N–H and O–H groups in total. The monoisotopic (exact) mass is 376 g/mol. The lowest BCUT2D eigenvalue weighted by Gasteiger charge is -2.14. The second kappa shape index (κ2) is 6.48. The summed E-state index contributed by atoms with van der Waals surface area (Å²) < 4.78 is 33.0. The Kier molecular flexibility index (Phi) is 4.75. The Labute approximate surface area is 143 Å². The summed E-state index contributed by atoms with van der Waals surface area (Å²) in [5.41, 5.74) is 0. The molecule has 0 radical (unpaired) electrons. The zero-order valence-corrected chi connectivity index (χ0v) is 15.1. The zero-order chi connectivity index (χ0) is 16.6. The molecule has 1 saturated heterocycles. The number of halogens is 1. The molecule has 3 rings (SSSR count). The first-order valence-corrected chi connectivity index (χ1v) is 9.68. The van der Waals surface area contributed by atoms with Crippen LogP contribution >= 0.6 is 22.9 Å². The van der Waals surface area contributed by atoms with Gasteiger partial charge in [0.25, 0.3) is 10.0 Å². The van der Waals surface area contributed by atoms with E-state index in [9.17, 15) is 8.42 Å². The molecule has 0 aliphatic carbocycles. The number of hydrogen-bond acceptors (Lipinski definition) is 6. The van der Waals surface area contributed by atoms with E-state index in [1.165, 1.54) is 10.4 Å². The second-order valence-corrected chi connectivity index (χ2v) is 9.36. The van der Waals surface area contributed by atoms with Crippen molar-refractivity contribution in [2.24, 2.45) is 5.92 Å². The van der Waals surface area contributed by atoms with Gasteiger partial charge in [0, 0.05) is 32.0 Å². The van der Waals surface area contributed by atoms with Gasteiger partial charge < -0.3 is 4.74 Å². The zero-order valence-electron chi connectivity index (χ0n) is 12.7. The molecular formula is C13H17ClN4O3S2. The van der Waals surface area contributed by atoms with Crippen molar-refractivity contribution in [2.75, 3.05) is 26.8 Å². The average Bonchev–Trinajstić information content (AvgIpc) is 3.19. The van der Waals surface area contributed by atoms with Gasteiger partial charge in [-0.2, -0.15) is 9.40 Å².